The number of halogens is 3. The molecule has 0 unspecified atom stereocenters. The van der Waals surface area contributed by atoms with Crippen LogP contribution < -0.4 is 10.6 Å². The predicted octanol–water partition coefficient (Wildman–Crippen LogP) is 6.78. The normalized spacial score (nSPS) is 15.6. The van der Waals surface area contributed by atoms with Crippen molar-refractivity contribution < 1.29 is 18.0 Å². The second-order valence-corrected chi connectivity index (χ2v) is 9.53. The van der Waals surface area contributed by atoms with Gasteiger partial charge in [0.15, 0.2) is 0 Å². The number of benzene rings is 1. The molecule has 10 heteroatoms. The fraction of sp³-hybridized carbons (Fsp3) is 0.241. The Morgan fingerprint density at radius 1 is 0.974 bits per heavy atom. The molecule has 1 aliphatic carbocycles. The summed E-state index contributed by atoms with van der Waals surface area (Å²) in [5.74, 6) is 0.207. The van der Waals surface area contributed by atoms with E-state index in [-0.39, 0.29) is 11.9 Å². The summed E-state index contributed by atoms with van der Waals surface area (Å²) in [5, 5.41) is 12.9. The molecule has 7 nitrogen and oxygen atoms in total. The molecule has 0 bridgehead atoms. The van der Waals surface area contributed by atoms with Crippen LogP contribution in [0, 0.1) is 0 Å². The first-order valence-electron chi connectivity index (χ1n) is 12.6. The number of hydrogen-bond donors (Lipinski definition) is 3. The van der Waals surface area contributed by atoms with E-state index < -0.39 is 11.7 Å². The Morgan fingerprint density at radius 2 is 1.79 bits per heavy atom. The molecular weight excluding hydrogens is 505 g/mol. The van der Waals surface area contributed by atoms with Gasteiger partial charge in [-0.3, -0.25) is 14.9 Å². The van der Waals surface area contributed by atoms with Gasteiger partial charge in [-0.2, -0.15) is 18.3 Å². The summed E-state index contributed by atoms with van der Waals surface area (Å²) in [4.78, 5) is 21.0. The van der Waals surface area contributed by atoms with Crippen LogP contribution in [0.5, 0.6) is 0 Å². The van der Waals surface area contributed by atoms with Gasteiger partial charge in [0.05, 0.1) is 23.0 Å². The number of hydrogen-bond acceptors (Lipinski definition) is 5. The Hall–Kier alpha value is -4.47. The average molecular weight is 533 g/mol. The van der Waals surface area contributed by atoms with E-state index in [0.29, 0.717) is 11.4 Å². The van der Waals surface area contributed by atoms with Crippen molar-refractivity contribution in [3.63, 3.8) is 0 Å². The second kappa shape index (κ2) is 11.1. The number of pyridine rings is 2. The van der Waals surface area contributed by atoms with Crippen LogP contribution in [0.4, 0.5) is 24.7 Å². The van der Waals surface area contributed by atoms with E-state index >= 15 is 0 Å². The summed E-state index contributed by atoms with van der Waals surface area (Å²) < 4.78 is 38.4. The highest BCUT2D eigenvalue weighted by Gasteiger charge is 2.30. The Kier molecular flexibility index (Phi) is 7.44. The zero-order valence-corrected chi connectivity index (χ0v) is 21.2. The lowest BCUT2D eigenvalue weighted by atomic mass is 9.86. The highest BCUT2D eigenvalue weighted by atomic mass is 19.4. The van der Waals surface area contributed by atoms with Gasteiger partial charge in [-0.25, -0.2) is 4.98 Å². The zero-order valence-electron chi connectivity index (χ0n) is 21.2. The molecule has 1 aromatic carbocycles. The summed E-state index contributed by atoms with van der Waals surface area (Å²) in [6.07, 6.45) is 4.83. The van der Waals surface area contributed by atoms with Gasteiger partial charge in [0.1, 0.15) is 5.82 Å². The van der Waals surface area contributed by atoms with Crippen LogP contribution in [0.3, 0.4) is 0 Å². The highest BCUT2D eigenvalue weighted by molar-refractivity contribution is 5.94. The van der Waals surface area contributed by atoms with Gasteiger partial charge in [0.25, 0.3) is 5.91 Å². The van der Waals surface area contributed by atoms with Crippen molar-refractivity contribution in [2.24, 2.45) is 0 Å². The number of carbonyl (C=O) groups excluding carboxylic acids is 1. The minimum Gasteiger partial charge on any atom is -0.349 e. The van der Waals surface area contributed by atoms with E-state index in [2.05, 4.69) is 37.7 Å². The summed E-state index contributed by atoms with van der Waals surface area (Å²) >= 11 is 0. The highest BCUT2D eigenvalue weighted by Crippen LogP contribution is 2.33. The molecule has 1 aliphatic rings. The van der Waals surface area contributed by atoms with Crippen molar-refractivity contribution in [3.8, 4) is 11.3 Å². The molecule has 0 radical (unpaired) electrons. The molecule has 3 heterocycles. The second-order valence-electron chi connectivity index (χ2n) is 9.53. The third-order valence-corrected chi connectivity index (χ3v) is 6.93. The number of nitrogens with zero attached hydrogens (tertiary/aromatic N) is 3. The number of aromatic amines is 1. The lowest BCUT2D eigenvalue weighted by Gasteiger charge is -2.26. The summed E-state index contributed by atoms with van der Waals surface area (Å²) in [5.41, 5.74) is 5.63. The molecule has 1 saturated carbocycles. The monoisotopic (exact) mass is 532 g/mol. The Morgan fingerprint density at radius 3 is 2.44 bits per heavy atom. The third kappa shape index (κ3) is 6.34. The van der Waals surface area contributed by atoms with Crippen LogP contribution in [0.25, 0.3) is 16.8 Å². The van der Waals surface area contributed by atoms with E-state index in [0.717, 1.165) is 60.5 Å². The first kappa shape index (κ1) is 26.1. The average Bonchev–Trinajstić information content (AvgIpc) is 3.48. The number of anilines is 2. The predicted molar refractivity (Wildman–Crippen MR) is 143 cm³/mol. The first-order valence-corrected chi connectivity index (χ1v) is 12.6. The van der Waals surface area contributed by atoms with Crippen molar-refractivity contribution >= 4 is 23.0 Å². The molecule has 3 aromatic heterocycles. The minimum atomic E-state index is -4.42. The van der Waals surface area contributed by atoms with Gasteiger partial charge < -0.3 is 10.6 Å². The van der Waals surface area contributed by atoms with Crippen LogP contribution in [-0.2, 0) is 6.18 Å². The van der Waals surface area contributed by atoms with Crippen molar-refractivity contribution in [1.29, 1.82) is 0 Å². The molecule has 39 heavy (non-hydrogen) atoms. The Bertz CT molecular complexity index is 1450. The molecule has 0 saturated heterocycles. The summed E-state index contributed by atoms with van der Waals surface area (Å²) in [6.45, 7) is 2.08. The number of allylic oxidation sites excluding steroid dienone is 2. The lowest BCUT2D eigenvalue weighted by Crippen LogP contribution is -2.36. The quantitative estimate of drug-likeness (QED) is 0.255. The molecule has 3 N–H and O–H groups in total. The molecule has 0 atom stereocenters. The number of aromatic nitrogens is 4. The number of alkyl halides is 3. The summed E-state index contributed by atoms with van der Waals surface area (Å²) in [6, 6.07) is 13.7. The number of H-pyrrole nitrogens is 1. The maximum Gasteiger partial charge on any atom is 0.417 e. The smallest absolute Gasteiger partial charge is 0.349 e. The number of rotatable bonds is 6. The molecule has 4 aromatic rings. The lowest BCUT2D eigenvalue weighted by molar-refractivity contribution is -0.137. The van der Waals surface area contributed by atoms with E-state index in [4.69, 9.17) is 0 Å². The van der Waals surface area contributed by atoms with Gasteiger partial charge in [-0.15, -0.1) is 0 Å². The molecule has 0 spiro atoms. The first-order chi connectivity index (χ1) is 18.8. The Balaban J connectivity index is 1.18. The number of nitrogens with one attached hydrogen (secondary N) is 3. The number of amides is 1. The van der Waals surface area contributed by atoms with Crippen molar-refractivity contribution in [1.82, 2.24) is 25.5 Å². The van der Waals surface area contributed by atoms with Crippen LogP contribution >= 0.6 is 0 Å². The Labute approximate surface area is 223 Å². The van der Waals surface area contributed by atoms with E-state index in [1.807, 2.05) is 24.3 Å². The van der Waals surface area contributed by atoms with Crippen LogP contribution in [-0.4, -0.2) is 32.1 Å². The maximum absolute atomic E-state index is 12.8. The van der Waals surface area contributed by atoms with E-state index in [1.54, 1.807) is 30.7 Å². The molecule has 1 amide bonds. The largest absolute Gasteiger partial charge is 0.417 e. The number of carbonyl (C=O) groups is 1. The summed E-state index contributed by atoms with van der Waals surface area (Å²) in [7, 11) is 0. The van der Waals surface area contributed by atoms with Gasteiger partial charge in [0, 0.05) is 35.9 Å². The fourth-order valence-electron chi connectivity index (χ4n) is 4.66. The van der Waals surface area contributed by atoms with Gasteiger partial charge in [-0.05, 0) is 80.1 Å². The molecular formula is C29H27F3N6O. The minimum absolute atomic E-state index is 0.0846. The van der Waals surface area contributed by atoms with E-state index in [9.17, 15) is 18.0 Å². The van der Waals surface area contributed by atoms with Gasteiger partial charge in [-0.1, -0.05) is 17.7 Å². The van der Waals surface area contributed by atoms with Crippen molar-refractivity contribution in [2.75, 3.05) is 5.32 Å². The topological polar surface area (TPSA) is 95.6 Å². The van der Waals surface area contributed by atoms with Gasteiger partial charge >= 0.3 is 6.18 Å². The molecule has 200 valence electrons. The SMILES string of the molecule is CC(=C1CCC(NC(=O)c2ccc(-c3cn[nH]c3)nc2)CC1)c1cccc(Nc2ccc(C(F)(F)F)cn2)c1. The van der Waals surface area contributed by atoms with Crippen LogP contribution in [0.1, 0.15) is 54.1 Å². The standard InChI is InChI=1S/C29H27F3N6O/c1-18(20-3-2-4-25(13-20)37-27-12-8-23(17-34-27)29(30,31)32)19-5-9-24(10-6-19)38-28(39)21-7-11-26(33-14-21)22-15-35-36-16-22/h2-4,7-8,11-17,24H,5-6,9-10H2,1H3,(H,34,37)(H,35,36)(H,38,39). The van der Waals surface area contributed by atoms with Crippen LogP contribution in [0.15, 0.2) is 78.9 Å². The van der Waals surface area contributed by atoms with Crippen LogP contribution in [0.2, 0.25) is 0 Å². The zero-order chi connectivity index (χ0) is 27.4. The maximum atomic E-state index is 12.8. The van der Waals surface area contributed by atoms with Gasteiger partial charge in [0.2, 0.25) is 0 Å². The fourth-order valence-corrected chi connectivity index (χ4v) is 4.66. The third-order valence-electron chi connectivity index (χ3n) is 6.93. The van der Waals surface area contributed by atoms with Crippen molar-refractivity contribution in [2.45, 2.75) is 44.8 Å². The van der Waals surface area contributed by atoms with Crippen molar-refractivity contribution in [3.05, 3.63) is 95.6 Å². The molecule has 0 aliphatic heterocycles. The molecule has 5 rings (SSSR count). The molecule has 1 fully saturated rings. The van der Waals surface area contributed by atoms with E-state index in [1.165, 1.54) is 17.2 Å².